The maximum atomic E-state index is 13.2. The Labute approximate surface area is 174 Å². The minimum Gasteiger partial charge on any atom is -0.298 e. The number of benzene rings is 2. The summed E-state index contributed by atoms with van der Waals surface area (Å²) in [5, 5.41) is 0. The molecule has 0 bridgehead atoms. The standard InChI is InChI=1S/C23H15FN2OS2/c24-17-11-9-15(10-12-17)14-28-23-20-19(25-18-8-4-5-13-26(18)20)22(29-23)21(27)16-6-2-1-3-7-16/h1-13H,14H2. The van der Waals surface area contributed by atoms with Gasteiger partial charge in [-0.1, -0.05) is 48.5 Å². The summed E-state index contributed by atoms with van der Waals surface area (Å²) in [7, 11) is 0. The van der Waals surface area contributed by atoms with E-state index in [-0.39, 0.29) is 11.6 Å². The highest BCUT2D eigenvalue weighted by Gasteiger charge is 2.23. The Bertz CT molecular complexity index is 1320. The van der Waals surface area contributed by atoms with E-state index in [2.05, 4.69) is 0 Å². The molecule has 0 unspecified atom stereocenters. The van der Waals surface area contributed by atoms with Gasteiger partial charge in [-0.15, -0.1) is 23.1 Å². The number of hydrogen-bond acceptors (Lipinski definition) is 4. The molecule has 0 spiro atoms. The number of thiophene rings is 1. The molecule has 2 aromatic carbocycles. The fourth-order valence-corrected chi connectivity index (χ4v) is 5.65. The lowest BCUT2D eigenvalue weighted by Gasteiger charge is -2.01. The highest BCUT2D eigenvalue weighted by atomic mass is 32.2. The van der Waals surface area contributed by atoms with Crippen LogP contribution in [-0.4, -0.2) is 15.2 Å². The number of pyridine rings is 1. The molecule has 0 N–H and O–H groups in total. The van der Waals surface area contributed by atoms with Gasteiger partial charge >= 0.3 is 0 Å². The second-order valence-electron chi connectivity index (χ2n) is 6.57. The minimum atomic E-state index is -0.241. The van der Waals surface area contributed by atoms with Crippen molar-refractivity contribution in [2.24, 2.45) is 0 Å². The van der Waals surface area contributed by atoms with Gasteiger partial charge in [0.25, 0.3) is 0 Å². The number of halogens is 1. The van der Waals surface area contributed by atoms with Crippen molar-refractivity contribution in [1.29, 1.82) is 0 Å². The van der Waals surface area contributed by atoms with E-state index in [1.807, 2.05) is 59.1 Å². The van der Waals surface area contributed by atoms with E-state index in [1.165, 1.54) is 23.5 Å². The highest BCUT2D eigenvalue weighted by molar-refractivity contribution is 8.00. The van der Waals surface area contributed by atoms with Gasteiger partial charge in [-0.25, -0.2) is 9.37 Å². The summed E-state index contributed by atoms with van der Waals surface area (Å²) in [4.78, 5) is 18.6. The molecule has 3 nitrogen and oxygen atoms in total. The monoisotopic (exact) mass is 418 g/mol. The van der Waals surface area contributed by atoms with Crippen molar-refractivity contribution in [3.63, 3.8) is 0 Å². The largest absolute Gasteiger partial charge is 0.298 e. The summed E-state index contributed by atoms with van der Waals surface area (Å²) in [6.45, 7) is 0. The highest BCUT2D eigenvalue weighted by Crippen LogP contribution is 2.40. The van der Waals surface area contributed by atoms with Gasteiger partial charge in [-0.05, 0) is 29.8 Å². The van der Waals surface area contributed by atoms with Crippen molar-refractivity contribution in [2.75, 3.05) is 0 Å². The van der Waals surface area contributed by atoms with Crippen LogP contribution in [0.4, 0.5) is 4.39 Å². The fraction of sp³-hybridized carbons (Fsp3) is 0.0435. The van der Waals surface area contributed by atoms with Crippen molar-refractivity contribution in [3.8, 4) is 0 Å². The molecular weight excluding hydrogens is 403 g/mol. The lowest BCUT2D eigenvalue weighted by atomic mass is 10.1. The summed E-state index contributed by atoms with van der Waals surface area (Å²) in [6.07, 6.45) is 1.97. The van der Waals surface area contributed by atoms with Crippen LogP contribution in [0.25, 0.3) is 16.7 Å². The molecule has 0 aliphatic rings. The summed E-state index contributed by atoms with van der Waals surface area (Å²) >= 11 is 3.12. The van der Waals surface area contributed by atoms with E-state index >= 15 is 0 Å². The number of nitrogens with zero attached hydrogens (tertiary/aromatic N) is 2. The van der Waals surface area contributed by atoms with Gasteiger partial charge in [0.05, 0.1) is 9.73 Å². The predicted octanol–water partition coefficient (Wildman–Crippen LogP) is 6.21. The second kappa shape index (κ2) is 7.46. The first-order valence-corrected chi connectivity index (χ1v) is 10.9. The molecule has 0 amide bonds. The smallest absolute Gasteiger partial charge is 0.205 e. The van der Waals surface area contributed by atoms with Crippen molar-refractivity contribution in [2.45, 2.75) is 9.96 Å². The first-order valence-electron chi connectivity index (χ1n) is 9.07. The molecule has 3 aromatic heterocycles. The molecule has 0 atom stereocenters. The minimum absolute atomic E-state index is 0.0161. The lowest BCUT2D eigenvalue weighted by molar-refractivity contribution is 0.104. The molecular formula is C23H15FN2OS2. The van der Waals surface area contributed by atoms with E-state index in [0.29, 0.717) is 16.2 Å². The molecule has 0 saturated carbocycles. The van der Waals surface area contributed by atoms with Crippen molar-refractivity contribution >= 4 is 45.6 Å². The molecule has 3 heterocycles. The number of rotatable bonds is 5. The Kier molecular flexibility index (Phi) is 4.66. The molecule has 0 aliphatic heterocycles. The van der Waals surface area contributed by atoms with Crippen LogP contribution in [0.2, 0.25) is 0 Å². The number of carbonyl (C=O) groups excluding carboxylic acids is 1. The quantitative estimate of drug-likeness (QED) is 0.251. The number of carbonyl (C=O) groups is 1. The van der Waals surface area contributed by atoms with Gasteiger partial charge in [0, 0.05) is 17.5 Å². The molecule has 6 heteroatoms. The molecule has 5 rings (SSSR count). The van der Waals surface area contributed by atoms with Gasteiger partial charge < -0.3 is 0 Å². The van der Waals surface area contributed by atoms with Crippen LogP contribution in [-0.2, 0) is 5.75 Å². The second-order valence-corrected chi connectivity index (χ2v) is 8.83. The van der Waals surface area contributed by atoms with Gasteiger partial charge in [-0.3, -0.25) is 9.20 Å². The third-order valence-electron chi connectivity index (χ3n) is 4.66. The zero-order valence-electron chi connectivity index (χ0n) is 15.2. The van der Waals surface area contributed by atoms with Crippen molar-refractivity contribution < 1.29 is 9.18 Å². The molecule has 0 aliphatic carbocycles. The third-order valence-corrected chi connectivity index (χ3v) is 7.16. The Morgan fingerprint density at radius 2 is 1.76 bits per heavy atom. The molecule has 0 saturated heterocycles. The molecule has 0 radical (unpaired) electrons. The molecule has 29 heavy (non-hydrogen) atoms. The Morgan fingerprint density at radius 3 is 2.55 bits per heavy atom. The fourth-order valence-electron chi connectivity index (χ4n) is 3.24. The van der Waals surface area contributed by atoms with Gasteiger partial charge in [0.1, 0.15) is 21.9 Å². The van der Waals surface area contributed by atoms with Crippen LogP contribution in [0.15, 0.2) is 83.2 Å². The number of fused-ring (bicyclic) bond motifs is 3. The van der Waals surface area contributed by atoms with E-state index in [1.54, 1.807) is 23.9 Å². The number of hydrogen-bond donors (Lipinski definition) is 0. The summed E-state index contributed by atoms with van der Waals surface area (Å²) in [5.41, 5.74) is 4.19. The van der Waals surface area contributed by atoms with E-state index in [9.17, 15) is 9.18 Å². The molecule has 0 fully saturated rings. The molecule has 5 aromatic rings. The average molecular weight is 419 g/mol. The van der Waals surface area contributed by atoms with E-state index in [0.717, 1.165) is 26.5 Å². The summed E-state index contributed by atoms with van der Waals surface area (Å²) in [6, 6.07) is 21.6. The maximum absolute atomic E-state index is 13.2. The zero-order chi connectivity index (χ0) is 19.8. The Balaban J connectivity index is 1.61. The third kappa shape index (κ3) is 3.34. The number of thioether (sulfide) groups is 1. The number of aromatic nitrogens is 2. The zero-order valence-corrected chi connectivity index (χ0v) is 16.8. The van der Waals surface area contributed by atoms with Crippen LogP contribution in [0.1, 0.15) is 20.8 Å². The van der Waals surface area contributed by atoms with Gasteiger partial charge in [-0.2, -0.15) is 0 Å². The number of imidazole rings is 1. The van der Waals surface area contributed by atoms with Gasteiger partial charge in [0.15, 0.2) is 0 Å². The maximum Gasteiger partial charge on any atom is 0.205 e. The predicted molar refractivity (Wildman–Crippen MR) is 116 cm³/mol. The van der Waals surface area contributed by atoms with E-state index in [4.69, 9.17) is 4.98 Å². The van der Waals surface area contributed by atoms with Crippen molar-refractivity contribution in [1.82, 2.24) is 9.38 Å². The topological polar surface area (TPSA) is 34.4 Å². The normalized spacial score (nSPS) is 11.3. The number of ketones is 1. The average Bonchev–Trinajstić information content (AvgIpc) is 3.31. The molecule has 142 valence electrons. The first-order chi connectivity index (χ1) is 14.2. The lowest BCUT2D eigenvalue weighted by Crippen LogP contribution is -1.98. The Morgan fingerprint density at radius 1 is 1.00 bits per heavy atom. The van der Waals surface area contributed by atoms with Crippen molar-refractivity contribution in [3.05, 3.63) is 101 Å². The van der Waals surface area contributed by atoms with Crippen LogP contribution in [0, 0.1) is 5.82 Å². The van der Waals surface area contributed by atoms with Crippen LogP contribution in [0.5, 0.6) is 0 Å². The Hall–Kier alpha value is -2.96. The SMILES string of the molecule is O=C(c1ccccc1)c1sc(SCc2ccc(F)cc2)c2c1nc1ccccn12. The first kappa shape index (κ1) is 18.1. The van der Waals surface area contributed by atoms with Crippen LogP contribution < -0.4 is 0 Å². The van der Waals surface area contributed by atoms with E-state index < -0.39 is 0 Å². The van der Waals surface area contributed by atoms with Gasteiger partial charge in [0.2, 0.25) is 5.78 Å². The van der Waals surface area contributed by atoms with Crippen LogP contribution >= 0.6 is 23.1 Å². The van der Waals surface area contributed by atoms with Crippen LogP contribution in [0.3, 0.4) is 0 Å². The summed E-state index contributed by atoms with van der Waals surface area (Å²) < 4.78 is 16.2. The summed E-state index contributed by atoms with van der Waals surface area (Å²) in [5.74, 6) is 0.432.